The minimum absolute atomic E-state index is 0.0137. The number of nitrogens with zero attached hydrogens (tertiary/aromatic N) is 2. The monoisotopic (exact) mass is 499 g/mol. The molecule has 0 bridgehead atoms. The van der Waals surface area contributed by atoms with Crippen LogP contribution >= 0.6 is 0 Å². The number of carbonyl (C=O) groups excluding carboxylic acids is 1. The van der Waals surface area contributed by atoms with E-state index >= 15 is 0 Å². The van der Waals surface area contributed by atoms with Gasteiger partial charge < -0.3 is 9.47 Å². The van der Waals surface area contributed by atoms with Gasteiger partial charge in [-0.2, -0.15) is 5.10 Å². The van der Waals surface area contributed by atoms with Crippen molar-refractivity contribution in [2.45, 2.75) is 18.7 Å². The fourth-order valence-electron chi connectivity index (χ4n) is 3.20. The average molecular weight is 500 g/mol. The van der Waals surface area contributed by atoms with Crippen LogP contribution in [0, 0.1) is 12.7 Å². The number of nitrogens with one attached hydrogen (secondary N) is 1. The van der Waals surface area contributed by atoms with E-state index in [0.29, 0.717) is 17.0 Å². The highest BCUT2D eigenvalue weighted by Gasteiger charge is 2.29. The van der Waals surface area contributed by atoms with Crippen LogP contribution in [0.2, 0.25) is 0 Å². The van der Waals surface area contributed by atoms with Gasteiger partial charge in [-0.05, 0) is 55.8 Å². The van der Waals surface area contributed by atoms with Gasteiger partial charge in [0.1, 0.15) is 23.9 Å². The molecule has 10 heteroatoms. The number of carbonyl (C=O) groups is 1. The topological polar surface area (TPSA) is 97.3 Å². The van der Waals surface area contributed by atoms with Crippen LogP contribution < -0.4 is 19.2 Å². The molecule has 0 saturated heterocycles. The molecular weight excluding hydrogens is 473 g/mol. The summed E-state index contributed by atoms with van der Waals surface area (Å²) in [6.45, 7) is 2.91. The molecule has 3 aromatic carbocycles. The Morgan fingerprint density at radius 2 is 1.66 bits per heavy atom. The molecule has 0 atom stereocenters. The molecule has 184 valence electrons. The van der Waals surface area contributed by atoms with Crippen LogP contribution in [0.15, 0.2) is 76.7 Å². The number of rotatable bonds is 9. The number of halogens is 1. The highest BCUT2D eigenvalue weighted by molar-refractivity contribution is 7.92. The number of hydrogen-bond acceptors (Lipinski definition) is 6. The maximum absolute atomic E-state index is 13.6. The van der Waals surface area contributed by atoms with Crippen LogP contribution in [0.5, 0.6) is 11.5 Å². The lowest BCUT2D eigenvalue weighted by molar-refractivity contribution is -0.119. The minimum atomic E-state index is -4.15. The maximum atomic E-state index is 13.6. The third kappa shape index (κ3) is 6.15. The van der Waals surface area contributed by atoms with Gasteiger partial charge in [-0.1, -0.05) is 29.8 Å². The Balaban J connectivity index is 1.95. The highest BCUT2D eigenvalue weighted by atomic mass is 32.2. The summed E-state index contributed by atoms with van der Waals surface area (Å²) in [4.78, 5) is 12.8. The van der Waals surface area contributed by atoms with Gasteiger partial charge in [0.2, 0.25) is 0 Å². The zero-order valence-corrected chi connectivity index (χ0v) is 20.6. The number of hydrazone groups is 1. The van der Waals surface area contributed by atoms with Crippen molar-refractivity contribution < 1.29 is 27.1 Å². The van der Waals surface area contributed by atoms with Crippen LogP contribution in [0.1, 0.15) is 18.1 Å². The van der Waals surface area contributed by atoms with Crippen molar-refractivity contribution in [3.63, 3.8) is 0 Å². The number of anilines is 1. The first kappa shape index (κ1) is 25.7. The standard InChI is InChI=1S/C25H26FN3O5S/c1-17-5-12-22(13-6-17)35(31,32)29(23-14-11-21(33-3)15-24(23)34-4)16-25(30)28-27-18(2)19-7-9-20(26)10-8-19/h5-15H,16H2,1-4H3,(H,28,30)/b27-18-. The third-order valence-corrected chi connectivity index (χ3v) is 6.94. The molecule has 0 radical (unpaired) electrons. The average Bonchev–Trinajstić information content (AvgIpc) is 2.86. The summed E-state index contributed by atoms with van der Waals surface area (Å²) in [5.74, 6) is -0.405. The van der Waals surface area contributed by atoms with Crippen molar-refractivity contribution in [2.24, 2.45) is 5.10 Å². The van der Waals surface area contributed by atoms with Crippen molar-refractivity contribution in [3.8, 4) is 11.5 Å². The molecule has 1 N–H and O–H groups in total. The predicted molar refractivity (Wildman–Crippen MR) is 132 cm³/mol. The predicted octanol–water partition coefficient (Wildman–Crippen LogP) is 3.89. The van der Waals surface area contributed by atoms with E-state index in [2.05, 4.69) is 10.5 Å². The molecule has 3 rings (SSSR count). The molecule has 0 aliphatic rings. The van der Waals surface area contributed by atoms with E-state index in [1.807, 2.05) is 6.92 Å². The van der Waals surface area contributed by atoms with E-state index in [4.69, 9.17) is 9.47 Å². The van der Waals surface area contributed by atoms with Crippen molar-refractivity contribution in [1.29, 1.82) is 0 Å². The lowest BCUT2D eigenvalue weighted by Gasteiger charge is -2.25. The first-order valence-electron chi connectivity index (χ1n) is 10.6. The van der Waals surface area contributed by atoms with E-state index in [1.165, 1.54) is 62.8 Å². The van der Waals surface area contributed by atoms with Gasteiger partial charge >= 0.3 is 0 Å². The molecule has 3 aromatic rings. The molecular formula is C25H26FN3O5S. The molecule has 0 fully saturated rings. The van der Waals surface area contributed by atoms with Crippen LogP contribution in [-0.2, 0) is 14.8 Å². The van der Waals surface area contributed by atoms with Crippen molar-refractivity contribution in [1.82, 2.24) is 5.43 Å². The Bertz CT molecular complexity index is 1320. The summed E-state index contributed by atoms with van der Waals surface area (Å²) < 4.78 is 51.9. The largest absolute Gasteiger partial charge is 0.497 e. The van der Waals surface area contributed by atoms with E-state index in [9.17, 15) is 17.6 Å². The highest BCUT2D eigenvalue weighted by Crippen LogP contribution is 2.35. The Morgan fingerprint density at radius 3 is 2.26 bits per heavy atom. The van der Waals surface area contributed by atoms with E-state index in [0.717, 1.165) is 9.87 Å². The molecule has 0 saturated carbocycles. The number of amides is 1. The summed E-state index contributed by atoms with van der Waals surface area (Å²) in [5, 5.41) is 4.03. The molecule has 1 amide bonds. The second-order valence-corrected chi connectivity index (χ2v) is 9.46. The number of benzene rings is 3. The lowest BCUT2D eigenvalue weighted by Crippen LogP contribution is -2.40. The number of hydrogen-bond donors (Lipinski definition) is 1. The first-order valence-corrected chi connectivity index (χ1v) is 12.0. The SMILES string of the molecule is COc1ccc(N(CC(=O)N/N=C(/C)c2ccc(F)cc2)S(=O)(=O)c2ccc(C)cc2)c(OC)c1. The van der Waals surface area contributed by atoms with Crippen molar-refractivity contribution in [3.05, 3.63) is 83.7 Å². The Labute approximate surface area is 204 Å². The Morgan fingerprint density at radius 1 is 1.00 bits per heavy atom. The van der Waals surface area contributed by atoms with Crippen molar-refractivity contribution >= 4 is 27.3 Å². The summed E-state index contributed by atoms with van der Waals surface area (Å²) in [6.07, 6.45) is 0. The number of methoxy groups -OCH3 is 2. The normalized spacial score (nSPS) is 11.6. The Hall–Kier alpha value is -3.92. The smallest absolute Gasteiger partial charge is 0.264 e. The second-order valence-electron chi connectivity index (χ2n) is 7.60. The molecule has 8 nitrogen and oxygen atoms in total. The molecule has 35 heavy (non-hydrogen) atoms. The van der Waals surface area contributed by atoms with Gasteiger partial charge in [0.25, 0.3) is 15.9 Å². The first-order chi connectivity index (χ1) is 16.6. The quantitative estimate of drug-likeness (QED) is 0.356. The van der Waals surface area contributed by atoms with E-state index < -0.39 is 28.3 Å². The third-order valence-electron chi connectivity index (χ3n) is 5.16. The number of ether oxygens (including phenoxy) is 2. The molecule has 0 heterocycles. The molecule has 0 spiro atoms. The van der Waals surface area contributed by atoms with Crippen LogP contribution in [0.4, 0.5) is 10.1 Å². The van der Waals surface area contributed by atoms with Gasteiger partial charge in [-0.25, -0.2) is 18.2 Å². The van der Waals surface area contributed by atoms with Gasteiger partial charge in [-0.3, -0.25) is 9.10 Å². The van der Waals surface area contributed by atoms with Gasteiger partial charge in [0, 0.05) is 6.07 Å². The summed E-state index contributed by atoms with van der Waals surface area (Å²) in [5.41, 5.74) is 4.45. The zero-order valence-electron chi connectivity index (χ0n) is 19.8. The zero-order chi connectivity index (χ0) is 25.6. The second kappa shape index (κ2) is 11.0. The Kier molecular flexibility index (Phi) is 8.08. The van der Waals surface area contributed by atoms with Crippen LogP contribution in [0.3, 0.4) is 0 Å². The van der Waals surface area contributed by atoms with Crippen LogP contribution in [-0.4, -0.2) is 40.8 Å². The van der Waals surface area contributed by atoms with Gasteiger partial charge in [0.15, 0.2) is 0 Å². The summed E-state index contributed by atoms with van der Waals surface area (Å²) in [7, 11) is -1.28. The van der Waals surface area contributed by atoms with Gasteiger partial charge in [0.05, 0.1) is 30.5 Å². The lowest BCUT2D eigenvalue weighted by atomic mass is 10.1. The molecule has 0 unspecified atom stereocenters. The maximum Gasteiger partial charge on any atom is 0.264 e. The summed E-state index contributed by atoms with van der Waals surface area (Å²) in [6, 6.07) is 16.5. The van der Waals surface area contributed by atoms with E-state index in [-0.39, 0.29) is 16.3 Å². The van der Waals surface area contributed by atoms with Gasteiger partial charge in [-0.15, -0.1) is 0 Å². The van der Waals surface area contributed by atoms with Crippen LogP contribution in [0.25, 0.3) is 0 Å². The fraction of sp³-hybridized carbons (Fsp3) is 0.200. The number of aryl methyl sites for hydroxylation is 1. The molecule has 0 aliphatic heterocycles. The molecule has 0 aliphatic carbocycles. The van der Waals surface area contributed by atoms with E-state index in [1.54, 1.807) is 25.1 Å². The molecule has 0 aromatic heterocycles. The summed E-state index contributed by atoms with van der Waals surface area (Å²) >= 11 is 0. The fourth-order valence-corrected chi connectivity index (χ4v) is 4.63. The number of sulfonamides is 1. The van der Waals surface area contributed by atoms with Crippen molar-refractivity contribution in [2.75, 3.05) is 25.1 Å². The minimum Gasteiger partial charge on any atom is -0.497 e.